The Morgan fingerprint density at radius 3 is 2.78 bits per heavy atom. The number of aromatic nitrogens is 1. The molecule has 0 aliphatic heterocycles. The summed E-state index contributed by atoms with van der Waals surface area (Å²) in [5, 5.41) is 4.17. The lowest BCUT2D eigenvalue weighted by Crippen LogP contribution is -2.01. The van der Waals surface area contributed by atoms with Gasteiger partial charge in [0.25, 0.3) is 0 Å². The van der Waals surface area contributed by atoms with Gasteiger partial charge < -0.3 is 14.8 Å². The Hall–Kier alpha value is -1.46. The van der Waals surface area contributed by atoms with Crippen LogP contribution in [0.1, 0.15) is 5.01 Å². The molecular formula is C12H13ClN2O2S. The molecule has 1 aromatic heterocycles. The van der Waals surface area contributed by atoms with Crippen LogP contribution < -0.4 is 14.8 Å². The number of methoxy groups -OCH3 is 2. The highest BCUT2D eigenvalue weighted by atomic mass is 35.5. The van der Waals surface area contributed by atoms with Crippen molar-refractivity contribution in [2.75, 3.05) is 19.5 Å². The average molecular weight is 285 g/mol. The summed E-state index contributed by atoms with van der Waals surface area (Å²) in [5.41, 5.74) is 0.864. The molecule has 4 nitrogen and oxygen atoms in total. The van der Waals surface area contributed by atoms with E-state index in [-0.39, 0.29) is 0 Å². The van der Waals surface area contributed by atoms with E-state index < -0.39 is 0 Å². The molecule has 0 radical (unpaired) electrons. The normalized spacial score (nSPS) is 10.2. The maximum atomic E-state index is 5.83. The van der Waals surface area contributed by atoms with Gasteiger partial charge in [-0.25, -0.2) is 4.98 Å². The minimum atomic E-state index is 0.598. The highest BCUT2D eigenvalue weighted by molar-refractivity contribution is 7.15. The summed E-state index contributed by atoms with van der Waals surface area (Å²) in [6, 6.07) is 5.59. The van der Waals surface area contributed by atoms with Crippen molar-refractivity contribution in [1.29, 1.82) is 0 Å². The molecule has 1 heterocycles. The fourth-order valence-electron chi connectivity index (χ4n) is 1.49. The van der Waals surface area contributed by atoms with Crippen molar-refractivity contribution in [3.05, 3.63) is 33.7 Å². The minimum Gasteiger partial charge on any atom is -0.497 e. The first kappa shape index (κ1) is 13.0. The van der Waals surface area contributed by atoms with Gasteiger partial charge in [-0.3, -0.25) is 0 Å². The van der Waals surface area contributed by atoms with Gasteiger partial charge in [0, 0.05) is 6.07 Å². The predicted molar refractivity (Wildman–Crippen MR) is 74.0 cm³/mol. The van der Waals surface area contributed by atoms with E-state index in [4.69, 9.17) is 21.1 Å². The molecule has 0 saturated carbocycles. The Bertz CT molecular complexity index is 531. The lowest BCUT2D eigenvalue weighted by molar-refractivity contribution is 0.404. The molecule has 2 rings (SSSR count). The van der Waals surface area contributed by atoms with Crippen molar-refractivity contribution in [3.63, 3.8) is 0 Å². The van der Waals surface area contributed by atoms with Crippen molar-refractivity contribution in [1.82, 2.24) is 4.98 Å². The van der Waals surface area contributed by atoms with E-state index in [2.05, 4.69) is 10.3 Å². The van der Waals surface area contributed by atoms with Crippen LogP contribution in [0.2, 0.25) is 4.34 Å². The molecule has 0 amide bonds. The van der Waals surface area contributed by atoms with Crippen molar-refractivity contribution in [2.45, 2.75) is 6.54 Å². The SMILES string of the molecule is COc1ccc(OC)c(NCc2ncc(Cl)s2)c1. The standard InChI is InChI=1S/C12H13ClN2O2S/c1-16-8-3-4-10(17-2)9(5-8)14-7-12-15-6-11(13)18-12/h3-6,14H,7H2,1-2H3. The second kappa shape index (κ2) is 5.93. The molecule has 0 atom stereocenters. The molecule has 0 bridgehead atoms. The Balaban J connectivity index is 2.11. The van der Waals surface area contributed by atoms with E-state index in [1.165, 1.54) is 11.3 Å². The number of rotatable bonds is 5. The third kappa shape index (κ3) is 3.05. The van der Waals surface area contributed by atoms with Crippen LogP contribution in [-0.4, -0.2) is 19.2 Å². The maximum Gasteiger partial charge on any atom is 0.142 e. The summed E-state index contributed by atoms with van der Waals surface area (Å²) in [6.45, 7) is 0.598. The van der Waals surface area contributed by atoms with E-state index in [0.29, 0.717) is 10.9 Å². The number of anilines is 1. The Labute approximate surface area is 115 Å². The topological polar surface area (TPSA) is 43.4 Å². The zero-order valence-corrected chi connectivity index (χ0v) is 11.6. The fourth-order valence-corrected chi connectivity index (χ4v) is 2.39. The predicted octanol–water partition coefficient (Wildman–Crippen LogP) is 3.43. The number of ether oxygens (including phenoxy) is 2. The molecule has 0 fully saturated rings. The Morgan fingerprint density at radius 1 is 1.33 bits per heavy atom. The first-order valence-corrected chi connectivity index (χ1v) is 6.48. The van der Waals surface area contributed by atoms with E-state index >= 15 is 0 Å². The number of hydrogen-bond acceptors (Lipinski definition) is 5. The highest BCUT2D eigenvalue weighted by Crippen LogP contribution is 2.29. The summed E-state index contributed by atoms with van der Waals surface area (Å²) in [4.78, 5) is 4.18. The number of halogens is 1. The summed E-state index contributed by atoms with van der Waals surface area (Å²) in [7, 11) is 3.26. The Morgan fingerprint density at radius 2 is 2.17 bits per heavy atom. The quantitative estimate of drug-likeness (QED) is 0.913. The molecule has 0 saturated heterocycles. The van der Waals surface area contributed by atoms with Gasteiger partial charge in [-0.2, -0.15) is 0 Å². The minimum absolute atomic E-state index is 0.598. The van der Waals surface area contributed by atoms with E-state index in [9.17, 15) is 0 Å². The fraction of sp³-hybridized carbons (Fsp3) is 0.250. The van der Waals surface area contributed by atoms with Gasteiger partial charge >= 0.3 is 0 Å². The second-order valence-electron chi connectivity index (χ2n) is 3.48. The number of hydrogen-bond donors (Lipinski definition) is 1. The third-order valence-electron chi connectivity index (χ3n) is 2.36. The lowest BCUT2D eigenvalue weighted by atomic mass is 10.2. The lowest BCUT2D eigenvalue weighted by Gasteiger charge is -2.11. The van der Waals surface area contributed by atoms with Gasteiger partial charge in [-0.05, 0) is 12.1 Å². The first-order valence-electron chi connectivity index (χ1n) is 5.29. The van der Waals surface area contributed by atoms with E-state index in [0.717, 1.165) is 22.2 Å². The zero-order chi connectivity index (χ0) is 13.0. The Kier molecular flexibility index (Phi) is 4.28. The van der Waals surface area contributed by atoms with Crippen LogP contribution in [0.4, 0.5) is 5.69 Å². The molecule has 0 aliphatic rings. The van der Waals surface area contributed by atoms with Gasteiger partial charge in [0.1, 0.15) is 20.8 Å². The van der Waals surface area contributed by atoms with Gasteiger partial charge in [-0.1, -0.05) is 11.6 Å². The highest BCUT2D eigenvalue weighted by Gasteiger charge is 2.06. The molecular weight excluding hydrogens is 272 g/mol. The van der Waals surface area contributed by atoms with Crippen LogP contribution in [0.3, 0.4) is 0 Å². The molecule has 0 unspecified atom stereocenters. The third-order valence-corrected chi connectivity index (χ3v) is 3.48. The van der Waals surface area contributed by atoms with Gasteiger partial charge in [0.2, 0.25) is 0 Å². The van der Waals surface area contributed by atoms with Gasteiger partial charge in [0.15, 0.2) is 0 Å². The maximum absolute atomic E-state index is 5.83. The molecule has 2 aromatic rings. The summed E-state index contributed by atoms with van der Waals surface area (Å²) in [5.74, 6) is 1.54. The second-order valence-corrected chi connectivity index (χ2v) is 5.22. The van der Waals surface area contributed by atoms with Crippen molar-refractivity contribution in [3.8, 4) is 11.5 Å². The summed E-state index contributed by atoms with van der Waals surface area (Å²) >= 11 is 7.28. The zero-order valence-electron chi connectivity index (χ0n) is 10.1. The average Bonchev–Trinajstić information content (AvgIpc) is 2.81. The number of nitrogens with one attached hydrogen (secondary N) is 1. The number of thiazole rings is 1. The van der Waals surface area contributed by atoms with Crippen LogP contribution in [0.15, 0.2) is 24.4 Å². The molecule has 0 aliphatic carbocycles. The number of benzene rings is 1. The molecule has 1 N–H and O–H groups in total. The van der Waals surface area contributed by atoms with E-state index in [1.54, 1.807) is 20.4 Å². The smallest absolute Gasteiger partial charge is 0.142 e. The molecule has 0 spiro atoms. The van der Waals surface area contributed by atoms with Crippen LogP contribution in [0.5, 0.6) is 11.5 Å². The van der Waals surface area contributed by atoms with Crippen LogP contribution in [0, 0.1) is 0 Å². The van der Waals surface area contributed by atoms with Gasteiger partial charge in [-0.15, -0.1) is 11.3 Å². The van der Waals surface area contributed by atoms with Crippen LogP contribution in [0.25, 0.3) is 0 Å². The van der Waals surface area contributed by atoms with Gasteiger partial charge in [0.05, 0.1) is 32.6 Å². The van der Waals surface area contributed by atoms with Crippen LogP contribution >= 0.6 is 22.9 Å². The van der Waals surface area contributed by atoms with Crippen molar-refractivity contribution >= 4 is 28.6 Å². The largest absolute Gasteiger partial charge is 0.497 e. The first-order chi connectivity index (χ1) is 8.72. The van der Waals surface area contributed by atoms with Crippen molar-refractivity contribution < 1.29 is 9.47 Å². The molecule has 1 aromatic carbocycles. The monoisotopic (exact) mass is 284 g/mol. The summed E-state index contributed by atoms with van der Waals surface area (Å²) < 4.78 is 11.1. The molecule has 6 heteroatoms. The van der Waals surface area contributed by atoms with E-state index in [1.807, 2.05) is 18.2 Å². The molecule has 18 heavy (non-hydrogen) atoms. The summed E-state index contributed by atoms with van der Waals surface area (Å²) in [6.07, 6.45) is 1.64. The number of nitrogens with zero attached hydrogens (tertiary/aromatic N) is 1. The molecule has 96 valence electrons. The van der Waals surface area contributed by atoms with Crippen molar-refractivity contribution in [2.24, 2.45) is 0 Å². The van der Waals surface area contributed by atoms with Crippen LogP contribution in [-0.2, 0) is 6.54 Å².